The van der Waals surface area contributed by atoms with Crippen LogP contribution >= 0.6 is 11.6 Å². The van der Waals surface area contributed by atoms with E-state index < -0.39 is 5.82 Å². The normalized spacial score (nSPS) is 13.3. The minimum Gasteiger partial charge on any atom is -0.295 e. The summed E-state index contributed by atoms with van der Waals surface area (Å²) >= 11 is 5.29. The summed E-state index contributed by atoms with van der Waals surface area (Å²) < 4.78 is 12.4. The van der Waals surface area contributed by atoms with Crippen molar-refractivity contribution in [3.63, 3.8) is 0 Å². The lowest BCUT2D eigenvalue weighted by atomic mass is 10.2. The molecular formula is C18H16ClFN6O. The summed E-state index contributed by atoms with van der Waals surface area (Å²) in [6.07, 6.45) is 6.24. The summed E-state index contributed by atoms with van der Waals surface area (Å²) in [7, 11) is 0. The van der Waals surface area contributed by atoms with Crippen molar-refractivity contribution in [1.82, 2.24) is 25.4 Å². The number of hydrogen-bond donors (Lipinski definition) is 0. The second-order valence-electron chi connectivity index (χ2n) is 5.84. The highest BCUT2D eigenvalue weighted by atomic mass is 35.5. The molecule has 1 fully saturated rings. The number of amides is 1. The van der Waals surface area contributed by atoms with Gasteiger partial charge in [0.15, 0.2) is 16.8 Å². The fourth-order valence-electron chi connectivity index (χ4n) is 2.47. The Morgan fingerprint density at radius 2 is 2.00 bits per heavy atom. The molecule has 0 N–H and O–H groups in total. The quantitative estimate of drug-likeness (QED) is 0.628. The standard InChI is InChI=1S/C12H11N5O.C6H5ClFN/c18-12-2-1-7-17(12)11-4-3-10(15-16-11)9-5-6-13-14-8-9;1-4-2-5(8)6(7)9-3-4/h3-6,8H,1-2,7H2;2-3H,1H3. The van der Waals surface area contributed by atoms with Gasteiger partial charge in [-0.2, -0.15) is 10.2 Å². The third kappa shape index (κ3) is 4.79. The topological polar surface area (TPSA) is 84.8 Å². The van der Waals surface area contributed by atoms with Gasteiger partial charge in [-0.15, -0.1) is 10.2 Å². The molecule has 0 spiro atoms. The minimum atomic E-state index is -0.461. The number of hydrogen-bond acceptors (Lipinski definition) is 6. The van der Waals surface area contributed by atoms with Gasteiger partial charge < -0.3 is 0 Å². The zero-order chi connectivity index (χ0) is 19.2. The van der Waals surface area contributed by atoms with Gasteiger partial charge in [-0.05, 0) is 43.2 Å². The Morgan fingerprint density at radius 3 is 2.56 bits per heavy atom. The number of anilines is 1. The number of halogens is 2. The fraction of sp³-hybridized carbons (Fsp3) is 0.222. The molecule has 4 rings (SSSR count). The van der Waals surface area contributed by atoms with E-state index in [9.17, 15) is 9.18 Å². The number of carbonyl (C=O) groups excluding carboxylic acids is 1. The van der Waals surface area contributed by atoms with Gasteiger partial charge in [-0.1, -0.05) is 11.6 Å². The molecule has 0 bridgehead atoms. The van der Waals surface area contributed by atoms with Crippen LogP contribution in [0.25, 0.3) is 11.3 Å². The van der Waals surface area contributed by atoms with Crippen LogP contribution in [0.15, 0.2) is 42.9 Å². The van der Waals surface area contributed by atoms with Crippen molar-refractivity contribution in [2.75, 3.05) is 11.4 Å². The largest absolute Gasteiger partial charge is 0.295 e. The summed E-state index contributed by atoms with van der Waals surface area (Å²) in [4.78, 5) is 16.8. The molecule has 0 unspecified atom stereocenters. The Kier molecular flexibility index (Phi) is 5.97. The lowest BCUT2D eigenvalue weighted by Crippen LogP contribution is -2.24. The minimum absolute atomic E-state index is 0.0689. The lowest BCUT2D eigenvalue weighted by Gasteiger charge is -2.13. The number of nitrogens with zero attached hydrogens (tertiary/aromatic N) is 6. The molecule has 7 nitrogen and oxygen atoms in total. The Bertz CT molecular complexity index is 923. The molecule has 0 aromatic carbocycles. The Balaban J connectivity index is 0.000000197. The van der Waals surface area contributed by atoms with E-state index in [2.05, 4.69) is 25.4 Å². The van der Waals surface area contributed by atoms with Crippen molar-refractivity contribution < 1.29 is 9.18 Å². The van der Waals surface area contributed by atoms with Crippen molar-refractivity contribution in [1.29, 1.82) is 0 Å². The summed E-state index contributed by atoms with van der Waals surface area (Å²) in [5.41, 5.74) is 2.36. The van der Waals surface area contributed by atoms with Crippen LogP contribution in [0.5, 0.6) is 0 Å². The van der Waals surface area contributed by atoms with Crippen LogP contribution < -0.4 is 4.90 Å². The number of aromatic nitrogens is 5. The van der Waals surface area contributed by atoms with Crippen LogP contribution in [-0.2, 0) is 4.79 Å². The van der Waals surface area contributed by atoms with Crippen molar-refractivity contribution in [2.45, 2.75) is 19.8 Å². The maximum absolute atomic E-state index is 12.4. The molecule has 1 saturated heterocycles. The number of carbonyl (C=O) groups is 1. The summed E-state index contributed by atoms with van der Waals surface area (Å²) in [5.74, 6) is 0.266. The smallest absolute Gasteiger partial charge is 0.228 e. The first-order valence-corrected chi connectivity index (χ1v) is 8.61. The maximum atomic E-state index is 12.4. The van der Waals surface area contributed by atoms with Crippen LogP contribution in [0.4, 0.5) is 10.2 Å². The van der Waals surface area contributed by atoms with E-state index in [-0.39, 0.29) is 11.1 Å². The predicted molar refractivity (Wildman–Crippen MR) is 98.6 cm³/mol. The Labute approximate surface area is 160 Å². The van der Waals surface area contributed by atoms with Crippen LogP contribution in [0.1, 0.15) is 18.4 Å². The van der Waals surface area contributed by atoms with Crippen molar-refractivity contribution in [3.8, 4) is 11.3 Å². The van der Waals surface area contributed by atoms with Gasteiger partial charge in [0.2, 0.25) is 5.91 Å². The second-order valence-corrected chi connectivity index (χ2v) is 6.20. The summed E-state index contributed by atoms with van der Waals surface area (Å²) in [6.45, 7) is 2.48. The Hall–Kier alpha value is -3.00. The molecule has 9 heteroatoms. The first-order chi connectivity index (χ1) is 13.0. The van der Waals surface area contributed by atoms with E-state index in [1.807, 2.05) is 18.2 Å². The SMILES string of the molecule is Cc1cnc(Cl)c(F)c1.O=C1CCCN1c1ccc(-c2ccnnc2)nn1. The molecule has 138 valence electrons. The van der Waals surface area contributed by atoms with E-state index in [0.717, 1.165) is 29.8 Å². The molecule has 0 atom stereocenters. The lowest BCUT2D eigenvalue weighted by molar-refractivity contribution is -0.117. The van der Waals surface area contributed by atoms with E-state index in [4.69, 9.17) is 11.6 Å². The summed E-state index contributed by atoms with van der Waals surface area (Å²) in [5, 5.41) is 15.6. The van der Waals surface area contributed by atoms with Gasteiger partial charge in [0.25, 0.3) is 0 Å². The molecular weight excluding hydrogens is 371 g/mol. The maximum Gasteiger partial charge on any atom is 0.228 e. The van der Waals surface area contributed by atoms with Gasteiger partial charge >= 0.3 is 0 Å². The van der Waals surface area contributed by atoms with Crippen molar-refractivity contribution in [2.24, 2.45) is 0 Å². The van der Waals surface area contributed by atoms with Gasteiger partial charge in [0.05, 0.1) is 18.1 Å². The number of rotatable bonds is 2. The molecule has 0 aliphatic carbocycles. The molecule has 3 aromatic rings. The van der Waals surface area contributed by atoms with Gasteiger partial charge in [0, 0.05) is 24.7 Å². The molecule has 4 heterocycles. The van der Waals surface area contributed by atoms with Crippen LogP contribution in [0.3, 0.4) is 0 Å². The molecule has 27 heavy (non-hydrogen) atoms. The molecule has 1 amide bonds. The van der Waals surface area contributed by atoms with Gasteiger partial charge in [-0.3, -0.25) is 9.69 Å². The highest BCUT2D eigenvalue weighted by Gasteiger charge is 2.22. The molecule has 1 aliphatic rings. The number of pyridine rings is 1. The monoisotopic (exact) mass is 386 g/mol. The average Bonchev–Trinajstić information content (AvgIpc) is 3.12. The molecule has 1 aliphatic heterocycles. The van der Waals surface area contributed by atoms with Crippen LogP contribution in [0.2, 0.25) is 5.15 Å². The summed E-state index contributed by atoms with van der Waals surface area (Å²) in [6, 6.07) is 6.81. The predicted octanol–water partition coefficient (Wildman–Crippen LogP) is 3.24. The zero-order valence-electron chi connectivity index (χ0n) is 14.5. The van der Waals surface area contributed by atoms with Crippen molar-refractivity contribution >= 4 is 23.3 Å². The van der Waals surface area contributed by atoms with E-state index in [1.165, 1.54) is 12.3 Å². The van der Waals surface area contributed by atoms with Crippen LogP contribution in [-0.4, -0.2) is 37.8 Å². The third-order valence-corrected chi connectivity index (χ3v) is 4.09. The van der Waals surface area contributed by atoms with E-state index >= 15 is 0 Å². The van der Waals surface area contributed by atoms with Gasteiger partial charge in [-0.25, -0.2) is 9.37 Å². The van der Waals surface area contributed by atoms with E-state index in [0.29, 0.717) is 12.2 Å². The molecule has 3 aromatic heterocycles. The van der Waals surface area contributed by atoms with E-state index in [1.54, 1.807) is 24.2 Å². The third-order valence-electron chi connectivity index (χ3n) is 3.81. The average molecular weight is 387 g/mol. The molecule has 0 saturated carbocycles. The fourth-order valence-corrected chi connectivity index (χ4v) is 2.58. The first-order valence-electron chi connectivity index (χ1n) is 8.23. The highest BCUT2D eigenvalue weighted by molar-refractivity contribution is 6.29. The zero-order valence-corrected chi connectivity index (χ0v) is 15.3. The van der Waals surface area contributed by atoms with Crippen molar-refractivity contribution in [3.05, 3.63) is 59.4 Å². The number of aryl methyl sites for hydroxylation is 1. The Morgan fingerprint density at radius 1 is 1.15 bits per heavy atom. The van der Waals surface area contributed by atoms with Crippen LogP contribution in [0, 0.1) is 12.7 Å². The second kappa shape index (κ2) is 8.59. The highest BCUT2D eigenvalue weighted by Crippen LogP contribution is 2.20. The molecule has 0 radical (unpaired) electrons. The van der Waals surface area contributed by atoms with Gasteiger partial charge in [0.1, 0.15) is 0 Å². The first kappa shape index (κ1) is 18.8.